The summed E-state index contributed by atoms with van der Waals surface area (Å²) in [5, 5.41) is 3.21. The maximum atomic E-state index is 11.0. The van der Waals surface area contributed by atoms with Crippen molar-refractivity contribution in [3.63, 3.8) is 0 Å². The van der Waals surface area contributed by atoms with E-state index in [-0.39, 0.29) is 5.78 Å². The van der Waals surface area contributed by atoms with Crippen molar-refractivity contribution in [3.8, 4) is 0 Å². The smallest absolute Gasteiger partial charge is 0.135 e. The zero-order valence-electron chi connectivity index (χ0n) is 9.90. The van der Waals surface area contributed by atoms with Crippen LogP contribution in [-0.4, -0.2) is 35.8 Å². The third-order valence-corrected chi connectivity index (χ3v) is 3.90. The number of Topliss-reactive ketones (excluding diaryl/α,β-unsaturated/α-hetero) is 1. The number of thiazole rings is 1. The second kappa shape index (κ2) is 5.06. The maximum absolute atomic E-state index is 11.0. The molecule has 1 unspecified atom stereocenters. The van der Waals surface area contributed by atoms with E-state index in [1.807, 2.05) is 5.38 Å². The van der Waals surface area contributed by atoms with Crippen LogP contribution in [0.3, 0.4) is 0 Å². The Morgan fingerprint density at radius 3 is 3.12 bits per heavy atom. The molecule has 0 spiro atoms. The molecule has 1 fully saturated rings. The molecule has 0 radical (unpaired) electrons. The number of ketones is 1. The van der Waals surface area contributed by atoms with Gasteiger partial charge in [-0.25, -0.2) is 4.98 Å². The lowest BCUT2D eigenvalue weighted by Gasteiger charge is -2.07. The summed E-state index contributed by atoms with van der Waals surface area (Å²) in [6.07, 6.45) is 2.84. The quantitative estimate of drug-likeness (QED) is 0.801. The van der Waals surface area contributed by atoms with Crippen molar-refractivity contribution in [2.45, 2.75) is 26.2 Å². The predicted molar refractivity (Wildman–Crippen MR) is 65.8 cm³/mol. The van der Waals surface area contributed by atoms with Gasteiger partial charge in [0.2, 0.25) is 0 Å². The van der Waals surface area contributed by atoms with Crippen LogP contribution in [0.5, 0.6) is 0 Å². The van der Waals surface area contributed by atoms with Crippen LogP contribution in [0.2, 0.25) is 0 Å². The first-order valence-electron chi connectivity index (χ1n) is 5.74. The Morgan fingerprint density at radius 2 is 2.50 bits per heavy atom. The van der Waals surface area contributed by atoms with E-state index in [2.05, 4.69) is 16.9 Å². The number of carbonyl (C=O) groups is 1. The van der Waals surface area contributed by atoms with Crippen molar-refractivity contribution >= 4 is 17.1 Å². The van der Waals surface area contributed by atoms with Gasteiger partial charge in [0, 0.05) is 24.8 Å². The highest BCUT2D eigenvalue weighted by Gasteiger charge is 2.20. The minimum atomic E-state index is 0.192. The fourth-order valence-electron chi connectivity index (χ4n) is 2.22. The van der Waals surface area contributed by atoms with Crippen molar-refractivity contribution in [2.75, 3.05) is 20.1 Å². The summed E-state index contributed by atoms with van der Waals surface area (Å²) >= 11 is 1.70. The van der Waals surface area contributed by atoms with Crippen LogP contribution in [0.25, 0.3) is 0 Å². The lowest BCUT2D eigenvalue weighted by molar-refractivity contribution is -0.116. The molecule has 0 aromatic carbocycles. The molecule has 3 nitrogen and oxygen atoms in total. The van der Waals surface area contributed by atoms with Crippen molar-refractivity contribution in [3.05, 3.63) is 16.1 Å². The zero-order chi connectivity index (χ0) is 11.5. The second-order valence-electron chi connectivity index (χ2n) is 4.73. The number of hydrogen-bond donors (Lipinski definition) is 0. The molecule has 4 heteroatoms. The molecule has 88 valence electrons. The maximum Gasteiger partial charge on any atom is 0.135 e. The molecule has 1 saturated heterocycles. The van der Waals surface area contributed by atoms with Crippen LogP contribution >= 0.6 is 11.3 Å². The Kier molecular flexibility index (Phi) is 3.71. The summed E-state index contributed by atoms with van der Waals surface area (Å²) in [6.45, 7) is 4.00. The molecule has 1 aromatic heterocycles. The first kappa shape index (κ1) is 11.7. The Morgan fingerprint density at radius 1 is 1.69 bits per heavy atom. The minimum absolute atomic E-state index is 0.192. The van der Waals surface area contributed by atoms with Gasteiger partial charge in [-0.15, -0.1) is 11.3 Å². The zero-order valence-corrected chi connectivity index (χ0v) is 10.7. The summed E-state index contributed by atoms with van der Waals surface area (Å²) in [5.41, 5.74) is 0.943. The highest BCUT2D eigenvalue weighted by molar-refractivity contribution is 7.09. The average molecular weight is 238 g/mol. The number of aromatic nitrogens is 1. The molecule has 0 saturated carbocycles. The summed E-state index contributed by atoms with van der Waals surface area (Å²) in [7, 11) is 2.17. The van der Waals surface area contributed by atoms with Crippen LogP contribution in [0, 0.1) is 5.92 Å². The minimum Gasteiger partial charge on any atom is -0.306 e. The van der Waals surface area contributed by atoms with Gasteiger partial charge in [0.15, 0.2) is 0 Å². The number of hydrogen-bond acceptors (Lipinski definition) is 4. The van der Waals surface area contributed by atoms with Crippen LogP contribution in [0.1, 0.15) is 24.0 Å². The fourth-order valence-corrected chi connectivity index (χ4v) is 3.13. The molecule has 1 aliphatic rings. The van der Waals surface area contributed by atoms with E-state index in [1.165, 1.54) is 24.5 Å². The summed E-state index contributed by atoms with van der Waals surface area (Å²) < 4.78 is 0. The standard InChI is InChI=1S/C12H18N2OS/c1-9(15)5-11-8-16-12(13-11)6-10-3-4-14(2)7-10/h8,10H,3-7H2,1-2H3. The molecule has 2 rings (SSSR count). The second-order valence-corrected chi connectivity index (χ2v) is 5.68. The summed E-state index contributed by atoms with van der Waals surface area (Å²) in [4.78, 5) is 17.9. The largest absolute Gasteiger partial charge is 0.306 e. The van der Waals surface area contributed by atoms with Crippen LogP contribution in [-0.2, 0) is 17.6 Å². The topological polar surface area (TPSA) is 33.2 Å². The van der Waals surface area contributed by atoms with Crippen molar-refractivity contribution in [1.82, 2.24) is 9.88 Å². The van der Waals surface area contributed by atoms with Gasteiger partial charge in [-0.05, 0) is 32.9 Å². The van der Waals surface area contributed by atoms with Gasteiger partial charge in [-0.1, -0.05) is 0 Å². The van der Waals surface area contributed by atoms with E-state index in [0.717, 1.165) is 18.0 Å². The van der Waals surface area contributed by atoms with Crippen molar-refractivity contribution < 1.29 is 4.79 Å². The Hall–Kier alpha value is -0.740. The Balaban J connectivity index is 1.90. The van der Waals surface area contributed by atoms with E-state index < -0.39 is 0 Å². The number of likely N-dealkylation sites (tertiary alicyclic amines) is 1. The Bertz CT molecular complexity index is 375. The van der Waals surface area contributed by atoms with Gasteiger partial charge < -0.3 is 4.90 Å². The van der Waals surface area contributed by atoms with Gasteiger partial charge in [0.1, 0.15) is 5.78 Å². The SMILES string of the molecule is CC(=O)Cc1csc(CC2CCN(C)C2)n1. The highest BCUT2D eigenvalue weighted by atomic mass is 32.1. The summed E-state index contributed by atoms with van der Waals surface area (Å²) in [6, 6.07) is 0. The van der Waals surface area contributed by atoms with E-state index in [0.29, 0.717) is 6.42 Å². The molecule has 1 atom stereocenters. The third-order valence-electron chi connectivity index (χ3n) is 2.98. The molecule has 16 heavy (non-hydrogen) atoms. The van der Waals surface area contributed by atoms with Crippen LogP contribution in [0.15, 0.2) is 5.38 Å². The molecule has 1 aromatic rings. The van der Waals surface area contributed by atoms with E-state index in [1.54, 1.807) is 18.3 Å². The summed E-state index contributed by atoms with van der Waals surface area (Å²) in [5.74, 6) is 0.943. The average Bonchev–Trinajstić information content (AvgIpc) is 2.76. The first-order valence-corrected chi connectivity index (χ1v) is 6.62. The monoisotopic (exact) mass is 238 g/mol. The molecular weight excluding hydrogens is 220 g/mol. The van der Waals surface area contributed by atoms with Crippen molar-refractivity contribution in [1.29, 1.82) is 0 Å². The molecule has 0 N–H and O–H groups in total. The van der Waals surface area contributed by atoms with Gasteiger partial charge in [-0.2, -0.15) is 0 Å². The highest BCUT2D eigenvalue weighted by Crippen LogP contribution is 2.21. The predicted octanol–water partition coefficient (Wildman–Crippen LogP) is 1.77. The van der Waals surface area contributed by atoms with Gasteiger partial charge in [-0.3, -0.25) is 4.79 Å². The number of rotatable bonds is 4. The van der Waals surface area contributed by atoms with E-state index >= 15 is 0 Å². The molecule has 0 bridgehead atoms. The number of carbonyl (C=O) groups excluding carboxylic acids is 1. The molecule has 2 heterocycles. The first-order chi connectivity index (χ1) is 7.63. The van der Waals surface area contributed by atoms with Gasteiger partial charge >= 0.3 is 0 Å². The molecule has 0 aliphatic carbocycles. The van der Waals surface area contributed by atoms with Gasteiger partial charge in [0.05, 0.1) is 10.7 Å². The molecular formula is C12H18N2OS. The van der Waals surface area contributed by atoms with Gasteiger partial charge in [0.25, 0.3) is 0 Å². The van der Waals surface area contributed by atoms with Crippen LogP contribution < -0.4 is 0 Å². The normalized spacial score (nSPS) is 21.5. The lowest BCUT2D eigenvalue weighted by atomic mass is 10.1. The number of nitrogens with zero attached hydrogens (tertiary/aromatic N) is 2. The fraction of sp³-hybridized carbons (Fsp3) is 0.667. The van der Waals surface area contributed by atoms with Crippen molar-refractivity contribution in [2.24, 2.45) is 5.92 Å². The Labute approximate surface area is 100 Å². The third kappa shape index (κ3) is 3.12. The van der Waals surface area contributed by atoms with Crippen LogP contribution in [0.4, 0.5) is 0 Å². The molecule has 0 amide bonds. The van der Waals surface area contributed by atoms with E-state index in [4.69, 9.17) is 0 Å². The van der Waals surface area contributed by atoms with E-state index in [9.17, 15) is 4.79 Å². The molecule has 1 aliphatic heterocycles. The lowest BCUT2D eigenvalue weighted by Crippen LogP contribution is -2.14.